The summed E-state index contributed by atoms with van der Waals surface area (Å²) in [5.74, 6) is 0. The molecule has 0 saturated carbocycles. The van der Waals surface area contributed by atoms with Crippen LogP contribution in [0.15, 0.2) is 49.0 Å². The first-order chi connectivity index (χ1) is 8.56. The molecule has 0 heterocycles. The highest BCUT2D eigenvalue weighted by molar-refractivity contribution is 6.32. The van der Waals surface area contributed by atoms with Crippen LogP contribution in [0.2, 0.25) is 5.02 Å². The molecule has 0 unspecified atom stereocenters. The fourth-order valence-corrected chi connectivity index (χ4v) is 1.98. The van der Waals surface area contributed by atoms with Gasteiger partial charge in [-0.15, -0.1) is 0 Å². The normalized spacial score (nSPS) is 10.2. The van der Waals surface area contributed by atoms with Crippen molar-refractivity contribution >= 4 is 23.0 Å². The molecule has 0 aromatic heterocycles. The minimum Gasteiger partial charge on any atom is -0.355 e. The van der Waals surface area contributed by atoms with Crippen molar-refractivity contribution in [3.05, 3.63) is 70.8 Å². The Hall–Kier alpha value is -1.73. The number of benzene rings is 2. The maximum atomic E-state index is 6.18. The second-order valence-electron chi connectivity index (χ2n) is 4.45. The summed E-state index contributed by atoms with van der Waals surface area (Å²) in [6.45, 7) is 8.16. The third-order valence-corrected chi connectivity index (χ3v) is 3.12. The first-order valence-corrected chi connectivity index (χ1v) is 6.23. The van der Waals surface area contributed by atoms with Crippen molar-refractivity contribution in [2.45, 2.75) is 13.8 Å². The first kappa shape index (κ1) is 12.7. The van der Waals surface area contributed by atoms with Crippen LogP contribution in [-0.4, -0.2) is 0 Å². The van der Waals surface area contributed by atoms with Crippen molar-refractivity contribution < 1.29 is 0 Å². The summed E-state index contributed by atoms with van der Waals surface area (Å²) < 4.78 is 0. The molecule has 0 saturated heterocycles. The van der Waals surface area contributed by atoms with Gasteiger partial charge in [-0.2, -0.15) is 0 Å². The summed E-state index contributed by atoms with van der Waals surface area (Å²) in [6.07, 6.45) is 0. The van der Waals surface area contributed by atoms with Crippen LogP contribution in [0.4, 0.5) is 5.69 Å². The molecule has 2 rings (SSSR count). The molecule has 0 aliphatic carbocycles. The molecule has 2 aromatic carbocycles. The van der Waals surface area contributed by atoms with E-state index in [0.29, 0.717) is 5.02 Å². The van der Waals surface area contributed by atoms with Gasteiger partial charge < -0.3 is 5.32 Å². The standard InChI is InChI=1S/C16H16ClN/c1-11-4-7-14(8-5-11)18-13(3)15-10-12(2)6-9-16(15)17/h4-10,18H,3H2,1-2H3. The molecule has 0 radical (unpaired) electrons. The van der Waals surface area contributed by atoms with Gasteiger partial charge in [-0.05, 0) is 38.1 Å². The van der Waals surface area contributed by atoms with Crippen LogP contribution in [0.3, 0.4) is 0 Å². The molecule has 18 heavy (non-hydrogen) atoms. The van der Waals surface area contributed by atoms with Crippen LogP contribution in [0.25, 0.3) is 5.70 Å². The minimum absolute atomic E-state index is 0.713. The Morgan fingerprint density at radius 1 is 1.00 bits per heavy atom. The van der Waals surface area contributed by atoms with Crippen LogP contribution in [-0.2, 0) is 0 Å². The number of hydrogen-bond donors (Lipinski definition) is 1. The molecular formula is C16H16ClN. The molecule has 0 bridgehead atoms. The number of halogens is 1. The smallest absolute Gasteiger partial charge is 0.0499 e. The fraction of sp³-hybridized carbons (Fsp3) is 0.125. The summed E-state index contributed by atoms with van der Waals surface area (Å²) >= 11 is 6.18. The van der Waals surface area contributed by atoms with Gasteiger partial charge in [-0.25, -0.2) is 0 Å². The molecule has 1 N–H and O–H groups in total. The molecule has 0 spiro atoms. The Balaban J connectivity index is 2.21. The maximum Gasteiger partial charge on any atom is 0.0499 e. The minimum atomic E-state index is 0.713. The summed E-state index contributed by atoms with van der Waals surface area (Å²) in [5, 5.41) is 3.99. The highest BCUT2D eigenvalue weighted by atomic mass is 35.5. The predicted molar refractivity (Wildman–Crippen MR) is 80.0 cm³/mol. The van der Waals surface area contributed by atoms with E-state index in [9.17, 15) is 0 Å². The van der Waals surface area contributed by atoms with E-state index in [2.05, 4.69) is 31.0 Å². The molecule has 0 amide bonds. The van der Waals surface area contributed by atoms with Gasteiger partial charge in [0.15, 0.2) is 0 Å². The summed E-state index contributed by atoms with van der Waals surface area (Å²) in [4.78, 5) is 0. The molecule has 0 atom stereocenters. The average Bonchev–Trinajstić information content (AvgIpc) is 2.35. The quantitative estimate of drug-likeness (QED) is 0.812. The zero-order chi connectivity index (χ0) is 13.1. The summed E-state index contributed by atoms with van der Waals surface area (Å²) in [6, 6.07) is 14.1. The van der Waals surface area contributed by atoms with E-state index in [1.54, 1.807) is 0 Å². The van der Waals surface area contributed by atoms with Gasteiger partial charge in [0.25, 0.3) is 0 Å². The number of hydrogen-bond acceptors (Lipinski definition) is 1. The predicted octanol–water partition coefficient (Wildman–Crippen LogP) is 5.04. The Kier molecular flexibility index (Phi) is 3.73. The van der Waals surface area contributed by atoms with Crippen molar-refractivity contribution in [3.8, 4) is 0 Å². The van der Waals surface area contributed by atoms with Crippen molar-refractivity contribution in [3.63, 3.8) is 0 Å². The molecular weight excluding hydrogens is 242 g/mol. The molecule has 92 valence electrons. The van der Waals surface area contributed by atoms with E-state index < -0.39 is 0 Å². The van der Waals surface area contributed by atoms with Crippen LogP contribution in [0.1, 0.15) is 16.7 Å². The topological polar surface area (TPSA) is 12.0 Å². The molecule has 0 fully saturated rings. The zero-order valence-corrected chi connectivity index (χ0v) is 11.4. The van der Waals surface area contributed by atoms with Gasteiger partial charge in [0.1, 0.15) is 0 Å². The number of rotatable bonds is 3. The van der Waals surface area contributed by atoms with E-state index in [-0.39, 0.29) is 0 Å². The summed E-state index contributed by atoms with van der Waals surface area (Å²) in [5.41, 5.74) is 5.17. The van der Waals surface area contributed by atoms with E-state index in [0.717, 1.165) is 16.9 Å². The van der Waals surface area contributed by atoms with E-state index in [1.807, 2.05) is 37.3 Å². The highest BCUT2D eigenvalue weighted by Crippen LogP contribution is 2.25. The van der Waals surface area contributed by atoms with Gasteiger partial charge in [-0.3, -0.25) is 0 Å². The van der Waals surface area contributed by atoms with Gasteiger partial charge in [0.2, 0.25) is 0 Å². The van der Waals surface area contributed by atoms with Crippen LogP contribution >= 0.6 is 11.6 Å². The summed E-state index contributed by atoms with van der Waals surface area (Å²) in [7, 11) is 0. The second-order valence-corrected chi connectivity index (χ2v) is 4.86. The molecule has 1 nitrogen and oxygen atoms in total. The van der Waals surface area contributed by atoms with Crippen LogP contribution < -0.4 is 5.32 Å². The first-order valence-electron chi connectivity index (χ1n) is 5.85. The monoisotopic (exact) mass is 257 g/mol. The Bertz CT molecular complexity index is 570. The molecule has 2 aromatic rings. The number of anilines is 1. The fourth-order valence-electron chi connectivity index (χ4n) is 1.75. The number of aryl methyl sites for hydroxylation is 2. The lowest BCUT2D eigenvalue weighted by molar-refractivity contribution is 1.43. The largest absolute Gasteiger partial charge is 0.355 e. The maximum absolute atomic E-state index is 6.18. The second kappa shape index (κ2) is 5.28. The van der Waals surface area contributed by atoms with E-state index >= 15 is 0 Å². The Morgan fingerprint density at radius 2 is 1.61 bits per heavy atom. The van der Waals surface area contributed by atoms with Gasteiger partial charge in [-0.1, -0.05) is 47.5 Å². The zero-order valence-electron chi connectivity index (χ0n) is 10.6. The Morgan fingerprint density at radius 3 is 2.28 bits per heavy atom. The molecule has 0 aliphatic rings. The van der Waals surface area contributed by atoms with Crippen molar-refractivity contribution in [2.24, 2.45) is 0 Å². The van der Waals surface area contributed by atoms with Gasteiger partial charge in [0, 0.05) is 22.0 Å². The highest BCUT2D eigenvalue weighted by Gasteiger charge is 2.05. The lowest BCUT2D eigenvalue weighted by Crippen LogP contribution is -1.98. The SMILES string of the molecule is C=C(Nc1ccc(C)cc1)c1cc(C)ccc1Cl. The molecule has 2 heteroatoms. The van der Waals surface area contributed by atoms with Crippen molar-refractivity contribution in [1.29, 1.82) is 0 Å². The van der Waals surface area contributed by atoms with E-state index in [4.69, 9.17) is 11.6 Å². The number of nitrogens with one attached hydrogen (secondary N) is 1. The van der Waals surface area contributed by atoms with Crippen LogP contribution in [0.5, 0.6) is 0 Å². The van der Waals surface area contributed by atoms with Gasteiger partial charge in [0.05, 0.1) is 0 Å². The van der Waals surface area contributed by atoms with E-state index in [1.165, 1.54) is 11.1 Å². The van der Waals surface area contributed by atoms with Crippen molar-refractivity contribution in [1.82, 2.24) is 0 Å². The molecule has 0 aliphatic heterocycles. The average molecular weight is 258 g/mol. The van der Waals surface area contributed by atoms with Crippen molar-refractivity contribution in [2.75, 3.05) is 5.32 Å². The third kappa shape index (κ3) is 2.93. The lowest BCUT2D eigenvalue weighted by atomic mass is 10.1. The van der Waals surface area contributed by atoms with Gasteiger partial charge >= 0.3 is 0 Å². The Labute approximate surface area is 113 Å². The van der Waals surface area contributed by atoms with Crippen LogP contribution in [0, 0.1) is 13.8 Å². The third-order valence-electron chi connectivity index (χ3n) is 2.79. The lowest BCUT2D eigenvalue weighted by Gasteiger charge is -2.12.